The topological polar surface area (TPSA) is 52.8 Å². The lowest BCUT2D eigenvalue weighted by Crippen LogP contribution is -2.26. The number of alkyl halides is 2. The third-order valence-electron chi connectivity index (χ3n) is 1.56. The Morgan fingerprint density at radius 3 is 2.71 bits per heavy atom. The lowest BCUT2D eigenvalue weighted by molar-refractivity contribution is 0.156. The van der Waals surface area contributed by atoms with Crippen molar-refractivity contribution in [1.29, 1.82) is 5.26 Å². The molecule has 1 heterocycles. The minimum atomic E-state index is -2.46. The predicted molar refractivity (Wildman–Crippen MR) is 46.0 cm³/mol. The summed E-state index contributed by atoms with van der Waals surface area (Å²) in [5.74, 6) is 0.176. The van der Waals surface area contributed by atoms with E-state index in [2.05, 4.69) is 9.97 Å². The Hall–Kier alpha value is -1.77. The Morgan fingerprint density at radius 1 is 1.50 bits per heavy atom. The van der Waals surface area contributed by atoms with Crippen LogP contribution >= 0.6 is 0 Å². The second kappa shape index (κ2) is 4.46. The van der Waals surface area contributed by atoms with E-state index in [9.17, 15) is 8.78 Å². The molecule has 1 rings (SSSR count). The van der Waals surface area contributed by atoms with Crippen LogP contribution in [0.25, 0.3) is 0 Å². The van der Waals surface area contributed by atoms with Gasteiger partial charge in [-0.15, -0.1) is 0 Å². The molecule has 1 aromatic rings. The van der Waals surface area contributed by atoms with Gasteiger partial charge in [-0.2, -0.15) is 5.26 Å². The summed E-state index contributed by atoms with van der Waals surface area (Å²) < 4.78 is 24.1. The maximum absolute atomic E-state index is 12.0. The van der Waals surface area contributed by atoms with E-state index in [1.165, 1.54) is 24.3 Å². The summed E-state index contributed by atoms with van der Waals surface area (Å²) in [7, 11) is 1.44. The van der Waals surface area contributed by atoms with Gasteiger partial charge in [0.05, 0.1) is 6.54 Å². The van der Waals surface area contributed by atoms with Crippen molar-refractivity contribution in [1.82, 2.24) is 9.97 Å². The first-order valence-corrected chi connectivity index (χ1v) is 3.85. The van der Waals surface area contributed by atoms with E-state index in [0.29, 0.717) is 0 Å². The van der Waals surface area contributed by atoms with E-state index in [0.717, 1.165) is 0 Å². The molecule has 0 aliphatic heterocycles. The molecule has 74 valence electrons. The Bertz CT molecular complexity index is 347. The molecule has 0 saturated heterocycles. The van der Waals surface area contributed by atoms with Gasteiger partial charge in [0.2, 0.25) is 0 Å². The zero-order valence-corrected chi connectivity index (χ0v) is 7.48. The van der Waals surface area contributed by atoms with Crippen molar-refractivity contribution in [3.05, 3.63) is 18.1 Å². The zero-order chi connectivity index (χ0) is 10.6. The molecule has 0 unspecified atom stereocenters. The number of hydrogen-bond donors (Lipinski definition) is 0. The molecule has 0 bridgehead atoms. The molecule has 14 heavy (non-hydrogen) atoms. The fraction of sp³-hybridized carbons (Fsp3) is 0.375. The monoisotopic (exact) mass is 198 g/mol. The van der Waals surface area contributed by atoms with Gasteiger partial charge in [0.25, 0.3) is 6.43 Å². The van der Waals surface area contributed by atoms with Crippen LogP contribution in [0.5, 0.6) is 0 Å². The predicted octanol–water partition coefficient (Wildman–Crippen LogP) is 1.05. The molecular formula is C8H8F2N4. The quantitative estimate of drug-likeness (QED) is 0.728. The summed E-state index contributed by atoms with van der Waals surface area (Å²) in [5, 5.41) is 8.63. The van der Waals surface area contributed by atoms with E-state index in [4.69, 9.17) is 5.26 Å². The van der Waals surface area contributed by atoms with Gasteiger partial charge < -0.3 is 4.90 Å². The van der Waals surface area contributed by atoms with E-state index < -0.39 is 13.0 Å². The van der Waals surface area contributed by atoms with Crippen molar-refractivity contribution in [3.63, 3.8) is 0 Å². The van der Waals surface area contributed by atoms with E-state index in [1.54, 1.807) is 6.07 Å². The van der Waals surface area contributed by atoms with Gasteiger partial charge in [0, 0.05) is 19.4 Å². The summed E-state index contributed by atoms with van der Waals surface area (Å²) in [4.78, 5) is 8.73. The molecule has 0 aliphatic carbocycles. The smallest absolute Gasteiger partial charge is 0.255 e. The normalized spacial score (nSPS) is 9.93. The van der Waals surface area contributed by atoms with Crippen molar-refractivity contribution < 1.29 is 8.78 Å². The SMILES string of the molecule is CN(CC(F)F)c1nccnc1C#N. The summed E-state index contributed by atoms with van der Waals surface area (Å²) in [6.45, 7) is -0.465. The highest BCUT2D eigenvalue weighted by Crippen LogP contribution is 2.12. The summed E-state index contributed by atoms with van der Waals surface area (Å²) in [5.41, 5.74) is 0.0515. The summed E-state index contributed by atoms with van der Waals surface area (Å²) in [6, 6.07) is 1.79. The van der Waals surface area contributed by atoms with Crippen LogP contribution in [0, 0.1) is 11.3 Å². The molecule has 4 nitrogen and oxygen atoms in total. The molecular weight excluding hydrogens is 190 g/mol. The number of rotatable bonds is 3. The van der Waals surface area contributed by atoms with Crippen molar-refractivity contribution in [2.24, 2.45) is 0 Å². The van der Waals surface area contributed by atoms with Gasteiger partial charge in [-0.3, -0.25) is 0 Å². The zero-order valence-electron chi connectivity index (χ0n) is 7.48. The van der Waals surface area contributed by atoms with Crippen molar-refractivity contribution >= 4 is 5.82 Å². The number of halogens is 2. The van der Waals surface area contributed by atoms with Crippen LogP contribution in [0.4, 0.5) is 14.6 Å². The minimum Gasteiger partial charge on any atom is -0.352 e. The number of nitriles is 1. The molecule has 0 spiro atoms. The maximum Gasteiger partial charge on any atom is 0.255 e. The molecule has 0 aromatic carbocycles. The first-order chi connectivity index (χ1) is 6.65. The fourth-order valence-electron chi connectivity index (χ4n) is 0.982. The van der Waals surface area contributed by atoms with Crippen LogP contribution in [-0.4, -0.2) is 30.0 Å². The number of anilines is 1. The molecule has 0 saturated carbocycles. The first-order valence-electron chi connectivity index (χ1n) is 3.85. The van der Waals surface area contributed by atoms with E-state index >= 15 is 0 Å². The van der Waals surface area contributed by atoms with Gasteiger partial charge in [-0.25, -0.2) is 18.7 Å². The van der Waals surface area contributed by atoms with Gasteiger partial charge in [-0.1, -0.05) is 0 Å². The summed E-state index contributed by atoms with van der Waals surface area (Å²) in [6.07, 6.45) is 0.240. The molecule has 0 aliphatic rings. The van der Waals surface area contributed by atoms with Gasteiger partial charge >= 0.3 is 0 Å². The number of aromatic nitrogens is 2. The summed E-state index contributed by atoms with van der Waals surface area (Å²) >= 11 is 0. The number of nitrogens with zero attached hydrogens (tertiary/aromatic N) is 4. The molecule has 0 amide bonds. The van der Waals surface area contributed by atoms with E-state index in [1.807, 2.05) is 0 Å². The molecule has 0 N–H and O–H groups in total. The highest BCUT2D eigenvalue weighted by Gasteiger charge is 2.13. The van der Waals surface area contributed by atoms with Gasteiger partial charge in [-0.05, 0) is 0 Å². The van der Waals surface area contributed by atoms with Gasteiger partial charge in [0.15, 0.2) is 11.5 Å². The van der Waals surface area contributed by atoms with Crippen molar-refractivity contribution in [2.45, 2.75) is 6.43 Å². The third kappa shape index (κ3) is 2.36. The minimum absolute atomic E-state index is 0.0515. The highest BCUT2D eigenvalue weighted by molar-refractivity contribution is 5.48. The van der Waals surface area contributed by atoms with Crippen LogP contribution < -0.4 is 4.90 Å². The Morgan fingerprint density at radius 2 is 2.14 bits per heavy atom. The van der Waals surface area contributed by atoms with E-state index in [-0.39, 0.29) is 11.5 Å². The maximum atomic E-state index is 12.0. The molecule has 0 atom stereocenters. The number of hydrogen-bond acceptors (Lipinski definition) is 4. The fourth-order valence-corrected chi connectivity index (χ4v) is 0.982. The average Bonchev–Trinajstić information content (AvgIpc) is 2.16. The van der Waals surface area contributed by atoms with Crippen LogP contribution in [0.1, 0.15) is 5.69 Å². The highest BCUT2D eigenvalue weighted by atomic mass is 19.3. The van der Waals surface area contributed by atoms with Crippen LogP contribution in [0.3, 0.4) is 0 Å². The third-order valence-corrected chi connectivity index (χ3v) is 1.56. The van der Waals surface area contributed by atoms with Gasteiger partial charge in [0.1, 0.15) is 6.07 Å². The second-order valence-electron chi connectivity index (χ2n) is 2.61. The molecule has 0 radical (unpaired) electrons. The Labute approximate surface area is 79.8 Å². The largest absolute Gasteiger partial charge is 0.352 e. The Balaban J connectivity index is 2.89. The van der Waals surface area contributed by atoms with Crippen molar-refractivity contribution in [2.75, 3.05) is 18.5 Å². The lowest BCUT2D eigenvalue weighted by Gasteiger charge is -2.17. The standard InChI is InChI=1S/C8H8F2N4/c1-14(5-7(9)10)8-6(4-11)12-2-3-13-8/h2-3,7H,5H2,1H3. The van der Waals surface area contributed by atoms with Crippen LogP contribution in [0.15, 0.2) is 12.4 Å². The molecule has 1 aromatic heterocycles. The van der Waals surface area contributed by atoms with Crippen molar-refractivity contribution in [3.8, 4) is 6.07 Å². The molecule has 0 fully saturated rings. The van der Waals surface area contributed by atoms with Crippen LogP contribution in [0.2, 0.25) is 0 Å². The second-order valence-corrected chi connectivity index (χ2v) is 2.61. The Kier molecular flexibility index (Phi) is 3.29. The first kappa shape index (κ1) is 10.3. The lowest BCUT2D eigenvalue weighted by atomic mass is 10.4. The van der Waals surface area contributed by atoms with Crippen LogP contribution in [-0.2, 0) is 0 Å². The average molecular weight is 198 g/mol. The molecule has 6 heteroatoms.